The van der Waals surface area contributed by atoms with Crippen molar-refractivity contribution < 1.29 is 4.79 Å². The molecule has 1 aliphatic carbocycles. The summed E-state index contributed by atoms with van der Waals surface area (Å²) in [4.78, 5) is 16.5. The molecule has 0 bridgehead atoms. The summed E-state index contributed by atoms with van der Waals surface area (Å²) in [6.07, 6.45) is 7.42. The molecule has 0 saturated heterocycles. The molecule has 0 spiro atoms. The van der Waals surface area contributed by atoms with Crippen LogP contribution >= 0.6 is 27.7 Å². The summed E-state index contributed by atoms with van der Waals surface area (Å²) >= 11 is 5.20. The highest BCUT2D eigenvalue weighted by atomic mass is 79.9. The molecule has 0 aliphatic heterocycles. The van der Waals surface area contributed by atoms with Crippen molar-refractivity contribution in [2.45, 2.75) is 24.0 Å². The standard InChI is InChI=1S/C13H18BrN3OS/c1-15-11-10(6-9(14)7-16-11)12(18)17-8-13(19-2)4-3-5-13/h6-7H,3-5,8H2,1-2H3,(H,15,16)(H,17,18). The minimum Gasteiger partial charge on any atom is -0.372 e. The lowest BCUT2D eigenvalue weighted by Gasteiger charge is -2.40. The summed E-state index contributed by atoms with van der Waals surface area (Å²) in [6.45, 7) is 0.725. The molecule has 1 aromatic heterocycles. The van der Waals surface area contributed by atoms with Crippen LogP contribution in [0.25, 0.3) is 0 Å². The van der Waals surface area contributed by atoms with Gasteiger partial charge >= 0.3 is 0 Å². The summed E-state index contributed by atoms with van der Waals surface area (Å²) in [5.74, 6) is 0.533. The number of pyridine rings is 1. The third-order valence-electron chi connectivity index (χ3n) is 3.60. The molecule has 6 heteroatoms. The Balaban J connectivity index is 2.05. The topological polar surface area (TPSA) is 54.0 Å². The SMILES string of the molecule is CNc1ncc(Br)cc1C(=O)NCC1(SC)CCC1. The first-order chi connectivity index (χ1) is 9.10. The minimum atomic E-state index is -0.0709. The average Bonchev–Trinajstić information content (AvgIpc) is 2.37. The summed E-state index contributed by atoms with van der Waals surface area (Å²) in [5, 5.41) is 5.98. The minimum absolute atomic E-state index is 0.0709. The largest absolute Gasteiger partial charge is 0.372 e. The number of carbonyl (C=O) groups is 1. The molecule has 0 atom stereocenters. The van der Waals surface area contributed by atoms with Crippen LogP contribution in [-0.4, -0.2) is 35.5 Å². The fraction of sp³-hybridized carbons (Fsp3) is 0.538. The van der Waals surface area contributed by atoms with Crippen molar-refractivity contribution in [3.05, 3.63) is 22.3 Å². The maximum Gasteiger partial charge on any atom is 0.255 e. The Bertz CT molecular complexity index is 471. The zero-order valence-corrected chi connectivity index (χ0v) is 13.5. The second-order valence-electron chi connectivity index (χ2n) is 4.72. The Morgan fingerprint density at radius 3 is 2.84 bits per heavy atom. The third-order valence-corrected chi connectivity index (χ3v) is 5.46. The molecule has 1 amide bonds. The Labute approximate surface area is 126 Å². The molecule has 1 saturated carbocycles. The number of nitrogens with one attached hydrogen (secondary N) is 2. The van der Waals surface area contributed by atoms with Gasteiger partial charge < -0.3 is 10.6 Å². The van der Waals surface area contributed by atoms with Gasteiger partial charge in [0.1, 0.15) is 5.82 Å². The molecule has 104 valence electrons. The molecule has 19 heavy (non-hydrogen) atoms. The van der Waals surface area contributed by atoms with E-state index in [0.29, 0.717) is 11.4 Å². The van der Waals surface area contributed by atoms with Crippen molar-refractivity contribution in [3.8, 4) is 0 Å². The summed E-state index contributed by atoms with van der Waals surface area (Å²) in [5.41, 5.74) is 0.576. The highest BCUT2D eigenvalue weighted by Gasteiger charge is 2.36. The molecular formula is C13H18BrN3OS. The second kappa shape index (κ2) is 6.13. The van der Waals surface area contributed by atoms with E-state index in [9.17, 15) is 4.79 Å². The van der Waals surface area contributed by atoms with Gasteiger partial charge in [0.05, 0.1) is 5.56 Å². The van der Waals surface area contributed by atoms with Crippen LogP contribution in [0.1, 0.15) is 29.6 Å². The van der Waals surface area contributed by atoms with Crippen molar-refractivity contribution in [3.63, 3.8) is 0 Å². The normalized spacial score (nSPS) is 16.6. The van der Waals surface area contributed by atoms with Gasteiger partial charge in [0.15, 0.2) is 0 Å². The van der Waals surface area contributed by atoms with E-state index < -0.39 is 0 Å². The van der Waals surface area contributed by atoms with Crippen molar-refractivity contribution in [2.24, 2.45) is 0 Å². The number of halogens is 1. The number of nitrogens with zero attached hydrogens (tertiary/aromatic N) is 1. The van der Waals surface area contributed by atoms with E-state index >= 15 is 0 Å². The van der Waals surface area contributed by atoms with E-state index in [1.165, 1.54) is 19.3 Å². The molecular weight excluding hydrogens is 326 g/mol. The maximum atomic E-state index is 12.3. The molecule has 1 fully saturated rings. The maximum absolute atomic E-state index is 12.3. The fourth-order valence-corrected chi connectivity index (χ4v) is 3.42. The summed E-state index contributed by atoms with van der Waals surface area (Å²) < 4.78 is 1.05. The number of aromatic nitrogens is 1. The summed E-state index contributed by atoms with van der Waals surface area (Å²) in [6, 6.07) is 1.79. The summed E-state index contributed by atoms with van der Waals surface area (Å²) in [7, 11) is 1.77. The molecule has 0 aromatic carbocycles. The Morgan fingerprint density at radius 2 is 2.32 bits per heavy atom. The third kappa shape index (κ3) is 3.23. The zero-order chi connectivity index (χ0) is 13.9. The van der Waals surface area contributed by atoms with E-state index in [-0.39, 0.29) is 10.7 Å². The monoisotopic (exact) mass is 343 g/mol. The lowest BCUT2D eigenvalue weighted by Crippen LogP contribution is -2.45. The quantitative estimate of drug-likeness (QED) is 0.862. The first kappa shape index (κ1) is 14.7. The van der Waals surface area contributed by atoms with Gasteiger partial charge in [-0.1, -0.05) is 6.42 Å². The van der Waals surface area contributed by atoms with Crippen molar-refractivity contribution in [2.75, 3.05) is 25.2 Å². The van der Waals surface area contributed by atoms with Gasteiger partial charge in [0.2, 0.25) is 0 Å². The number of carbonyl (C=O) groups excluding carboxylic acids is 1. The Morgan fingerprint density at radius 1 is 1.58 bits per heavy atom. The van der Waals surface area contributed by atoms with Crippen LogP contribution < -0.4 is 10.6 Å². The predicted octanol–water partition coefficient (Wildman–Crippen LogP) is 2.90. The molecule has 0 unspecified atom stereocenters. The molecule has 1 aliphatic rings. The number of hydrogen-bond donors (Lipinski definition) is 2. The Hall–Kier alpha value is -0.750. The van der Waals surface area contributed by atoms with Crippen molar-refractivity contribution in [1.29, 1.82) is 0 Å². The molecule has 1 aromatic rings. The van der Waals surface area contributed by atoms with Crippen molar-refractivity contribution in [1.82, 2.24) is 10.3 Å². The van der Waals surface area contributed by atoms with Gasteiger partial charge in [-0.05, 0) is 41.1 Å². The molecule has 1 heterocycles. The van der Waals surface area contributed by atoms with Gasteiger partial charge in [-0.15, -0.1) is 0 Å². The van der Waals surface area contributed by atoms with Gasteiger partial charge in [-0.2, -0.15) is 11.8 Å². The Kier molecular flexibility index (Phi) is 4.73. The number of anilines is 1. The lowest BCUT2D eigenvalue weighted by molar-refractivity contribution is 0.0944. The van der Waals surface area contributed by atoms with Gasteiger partial charge in [0.25, 0.3) is 5.91 Å². The van der Waals surface area contributed by atoms with Crippen LogP contribution in [0.5, 0.6) is 0 Å². The van der Waals surface area contributed by atoms with Gasteiger partial charge in [0, 0.05) is 29.0 Å². The van der Waals surface area contributed by atoms with Crippen molar-refractivity contribution >= 4 is 39.4 Å². The highest BCUT2D eigenvalue weighted by molar-refractivity contribution is 9.10. The first-order valence-corrected chi connectivity index (χ1v) is 8.29. The van der Waals surface area contributed by atoms with E-state index in [2.05, 4.69) is 37.8 Å². The fourth-order valence-electron chi connectivity index (χ4n) is 2.17. The first-order valence-electron chi connectivity index (χ1n) is 6.27. The average molecular weight is 344 g/mol. The van der Waals surface area contributed by atoms with Crippen LogP contribution in [0.4, 0.5) is 5.82 Å². The number of thioether (sulfide) groups is 1. The molecule has 4 nitrogen and oxygen atoms in total. The van der Waals surface area contributed by atoms with E-state index in [1.807, 2.05) is 11.8 Å². The smallest absolute Gasteiger partial charge is 0.255 e. The molecule has 2 rings (SSSR count). The lowest BCUT2D eigenvalue weighted by atomic mass is 9.84. The van der Waals surface area contributed by atoms with Gasteiger partial charge in [-0.25, -0.2) is 4.98 Å². The predicted molar refractivity (Wildman–Crippen MR) is 83.9 cm³/mol. The van der Waals surface area contributed by atoms with E-state index in [4.69, 9.17) is 0 Å². The number of hydrogen-bond acceptors (Lipinski definition) is 4. The van der Waals surface area contributed by atoms with E-state index in [0.717, 1.165) is 11.0 Å². The second-order valence-corrected chi connectivity index (χ2v) is 6.91. The zero-order valence-electron chi connectivity index (χ0n) is 11.1. The highest BCUT2D eigenvalue weighted by Crippen LogP contribution is 2.42. The molecule has 2 N–H and O–H groups in total. The van der Waals surface area contributed by atoms with Crippen LogP contribution in [0, 0.1) is 0 Å². The number of amides is 1. The van der Waals surface area contributed by atoms with Crippen LogP contribution in [0.3, 0.4) is 0 Å². The molecule has 0 radical (unpaired) electrons. The number of rotatable bonds is 5. The van der Waals surface area contributed by atoms with Crippen LogP contribution in [-0.2, 0) is 0 Å². The van der Waals surface area contributed by atoms with E-state index in [1.54, 1.807) is 19.3 Å². The van der Waals surface area contributed by atoms with Crippen LogP contribution in [0.2, 0.25) is 0 Å². The van der Waals surface area contributed by atoms with Gasteiger partial charge in [-0.3, -0.25) is 4.79 Å². The van der Waals surface area contributed by atoms with Crippen LogP contribution in [0.15, 0.2) is 16.7 Å².